The lowest BCUT2D eigenvalue weighted by Crippen LogP contribution is -2.26. The molecule has 26 heavy (non-hydrogen) atoms. The molecule has 0 aliphatic carbocycles. The van der Waals surface area contributed by atoms with E-state index in [1.54, 1.807) is 36.4 Å². The van der Waals surface area contributed by atoms with E-state index in [2.05, 4.69) is 10.4 Å². The maximum absolute atomic E-state index is 12.6. The van der Waals surface area contributed by atoms with Crippen molar-refractivity contribution in [3.63, 3.8) is 0 Å². The summed E-state index contributed by atoms with van der Waals surface area (Å²) in [6.07, 6.45) is 0. The van der Waals surface area contributed by atoms with Crippen LogP contribution in [-0.4, -0.2) is 22.8 Å². The van der Waals surface area contributed by atoms with E-state index in [0.29, 0.717) is 16.4 Å². The number of carbonyl (C=O) groups excluding carboxylic acids is 1. The summed E-state index contributed by atoms with van der Waals surface area (Å²) >= 11 is 5.85. The van der Waals surface area contributed by atoms with Crippen molar-refractivity contribution in [1.29, 1.82) is 0 Å². The van der Waals surface area contributed by atoms with Crippen LogP contribution in [0.5, 0.6) is 5.75 Å². The zero-order valence-electron chi connectivity index (χ0n) is 14.2. The van der Waals surface area contributed by atoms with Crippen LogP contribution >= 0.6 is 11.6 Å². The first-order valence-electron chi connectivity index (χ1n) is 7.80. The number of amides is 1. The monoisotopic (exact) mass is 369 g/mol. The Labute approximate surface area is 155 Å². The fraction of sp³-hybridized carbons (Fsp3) is 0.105. The molecule has 1 heterocycles. The van der Waals surface area contributed by atoms with Gasteiger partial charge in [-0.3, -0.25) is 9.59 Å². The van der Waals surface area contributed by atoms with Gasteiger partial charge in [0.25, 0.3) is 11.5 Å². The van der Waals surface area contributed by atoms with Crippen molar-refractivity contribution in [2.75, 3.05) is 12.4 Å². The molecule has 1 aromatic heterocycles. The molecule has 6 nitrogen and oxygen atoms in total. The lowest BCUT2D eigenvalue weighted by molar-refractivity contribution is 0.101. The summed E-state index contributed by atoms with van der Waals surface area (Å²) in [6.45, 7) is 1.94. The van der Waals surface area contributed by atoms with Crippen molar-refractivity contribution in [2.24, 2.45) is 0 Å². The molecule has 3 aromatic rings. The quantitative estimate of drug-likeness (QED) is 0.764. The van der Waals surface area contributed by atoms with Gasteiger partial charge < -0.3 is 10.1 Å². The van der Waals surface area contributed by atoms with Crippen molar-refractivity contribution < 1.29 is 9.53 Å². The number of hydrogen-bond donors (Lipinski definition) is 1. The van der Waals surface area contributed by atoms with Crippen molar-refractivity contribution in [2.45, 2.75) is 6.92 Å². The number of nitrogens with zero attached hydrogens (tertiary/aromatic N) is 2. The molecule has 0 unspecified atom stereocenters. The van der Waals surface area contributed by atoms with Gasteiger partial charge in [-0.25, -0.2) is 0 Å². The molecule has 0 spiro atoms. The Balaban J connectivity index is 2.00. The summed E-state index contributed by atoms with van der Waals surface area (Å²) in [7, 11) is 1.38. The van der Waals surface area contributed by atoms with Gasteiger partial charge in [-0.2, -0.15) is 9.78 Å². The Morgan fingerprint density at radius 2 is 1.77 bits per heavy atom. The third-order valence-electron chi connectivity index (χ3n) is 3.71. The first-order valence-corrected chi connectivity index (χ1v) is 8.18. The molecule has 0 radical (unpaired) electrons. The van der Waals surface area contributed by atoms with E-state index >= 15 is 0 Å². The number of hydrogen-bond acceptors (Lipinski definition) is 4. The second kappa shape index (κ2) is 7.41. The summed E-state index contributed by atoms with van der Waals surface area (Å²) in [5.41, 5.74) is 1.77. The highest BCUT2D eigenvalue weighted by molar-refractivity contribution is 6.30. The lowest BCUT2D eigenvalue weighted by Gasteiger charge is -2.11. The van der Waals surface area contributed by atoms with Crippen LogP contribution in [0.2, 0.25) is 5.02 Å². The Morgan fingerprint density at radius 1 is 1.12 bits per heavy atom. The summed E-state index contributed by atoms with van der Waals surface area (Å²) in [5, 5.41) is 7.47. The van der Waals surface area contributed by atoms with E-state index in [1.807, 2.05) is 19.1 Å². The zero-order valence-corrected chi connectivity index (χ0v) is 14.9. The number of carbonyl (C=O) groups is 1. The fourth-order valence-electron chi connectivity index (χ4n) is 2.35. The Kier molecular flexibility index (Phi) is 5.04. The van der Waals surface area contributed by atoms with E-state index in [0.717, 1.165) is 5.56 Å². The third-order valence-corrected chi connectivity index (χ3v) is 3.96. The molecule has 0 aliphatic rings. The molecule has 0 fully saturated rings. The molecule has 0 saturated heterocycles. The van der Waals surface area contributed by atoms with E-state index in [-0.39, 0.29) is 11.4 Å². The molecule has 0 aliphatic heterocycles. The van der Waals surface area contributed by atoms with Crippen LogP contribution < -0.4 is 15.6 Å². The first kappa shape index (κ1) is 17.7. The van der Waals surface area contributed by atoms with Crippen LogP contribution in [-0.2, 0) is 0 Å². The van der Waals surface area contributed by atoms with Gasteiger partial charge in [0.1, 0.15) is 0 Å². The molecule has 2 aromatic carbocycles. The second-order valence-corrected chi connectivity index (χ2v) is 6.04. The molecule has 1 N–H and O–H groups in total. The molecule has 7 heteroatoms. The molecule has 0 atom stereocenters. The van der Waals surface area contributed by atoms with E-state index in [9.17, 15) is 9.59 Å². The van der Waals surface area contributed by atoms with Crippen LogP contribution in [0.25, 0.3) is 5.69 Å². The number of halogens is 1. The number of nitrogens with one attached hydrogen (secondary N) is 1. The van der Waals surface area contributed by atoms with Gasteiger partial charge in [-0.1, -0.05) is 29.3 Å². The van der Waals surface area contributed by atoms with Gasteiger partial charge in [-0.05, 0) is 43.3 Å². The van der Waals surface area contributed by atoms with E-state index < -0.39 is 11.5 Å². The zero-order chi connectivity index (χ0) is 18.7. The molecule has 0 bridgehead atoms. The first-order chi connectivity index (χ1) is 12.5. The fourth-order valence-corrected chi connectivity index (χ4v) is 2.47. The number of aromatic nitrogens is 2. The number of methoxy groups -OCH3 is 1. The largest absolute Gasteiger partial charge is 0.494 e. The highest BCUT2D eigenvalue weighted by atomic mass is 35.5. The Morgan fingerprint density at radius 3 is 2.38 bits per heavy atom. The van der Waals surface area contributed by atoms with E-state index in [1.165, 1.54) is 17.9 Å². The lowest BCUT2D eigenvalue weighted by atomic mass is 10.2. The number of anilines is 1. The molecular formula is C19H16ClN3O3. The molecule has 1 amide bonds. The standard InChI is InChI=1S/C19H16ClN3O3/c1-12-3-9-15(10-4-12)23-17(24)11-16(26-2)18(22-23)19(25)21-14-7-5-13(20)6-8-14/h3-11H,1-2H3,(H,21,25). The van der Waals surface area contributed by atoms with Gasteiger partial charge in [-0.15, -0.1) is 0 Å². The Hall–Kier alpha value is -3.12. The van der Waals surface area contributed by atoms with Crippen molar-refractivity contribution >= 4 is 23.2 Å². The van der Waals surface area contributed by atoms with Crippen LogP contribution in [0.3, 0.4) is 0 Å². The molecule has 3 rings (SSSR count). The van der Waals surface area contributed by atoms with Gasteiger partial charge in [0.05, 0.1) is 18.9 Å². The third kappa shape index (κ3) is 3.75. The summed E-state index contributed by atoms with van der Waals surface area (Å²) in [4.78, 5) is 25.0. The topological polar surface area (TPSA) is 73.2 Å². The minimum absolute atomic E-state index is 0.00243. The van der Waals surface area contributed by atoms with Crippen molar-refractivity contribution in [3.8, 4) is 11.4 Å². The van der Waals surface area contributed by atoms with Gasteiger partial charge in [0.15, 0.2) is 11.4 Å². The van der Waals surface area contributed by atoms with Crippen LogP contribution in [0.15, 0.2) is 59.4 Å². The number of aryl methyl sites for hydroxylation is 1. The van der Waals surface area contributed by atoms with Gasteiger partial charge >= 0.3 is 0 Å². The molecule has 0 saturated carbocycles. The second-order valence-electron chi connectivity index (χ2n) is 5.61. The highest BCUT2D eigenvalue weighted by Crippen LogP contribution is 2.18. The average molecular weight is 370 g/mol. The van der Waals surface area contributed by atoms with Crippen LogP contribution in [0.1, 0.15) is 16.1 Å². The van der Waals surface area contributed by atoms with Gasteiger partial charge in [0.2, 0.25) is 0 Å². The maximum Gasteiger partial charge on any atom is 0.279 e. The Bertz CT molecular complexity index is 996. The van der Waals surface area contributed by atoms with E-state index in [4.69, 9.17) is 16.3 Å². The summed E-state index contributed by atoms with van der Waals surface area (Å²) in [5.74, 6) is -0.394. The van der Waals surface area contributed by atoms with Gasteiger partial charge in [0, 0.05) is 10.7 Å². The molecular weight excluding hydrogens is 354 g/mol. The smallest absolute Gasteiger partial charge is 0.279 e. The van der Waals surface area contributed by atoms with Crippen LogP contribution in [0, 0.1) is 6.92 Å². The summed E-state index contributed by atoms with van der Waals surface area (Å²) in [6, 6.07) is 15.1. The average Bonchev–Trinajstić information content (AvgIpc) is 2.64. The maximum atomic E-state index is 12.6. The minimum Gasteiger partial charge on any atom is -0.494 e. The summed E-state index contributed by atoms with van der Waals surface area (Å²) < 4.78 is 6.32. The van der Waals surface area contributed by atoms with Crippen molar-refractivity contribution in [3.05, 3.63) is 81.2 Å². The number of ether oxygens (including phenoxy) is 1. The predicted molar refractivity (Wildman–Crippen MR) is 101 cm³/mol. The van der Waals surface area contributed by atoms with Crippen molar-refractivity contribution in [1.82, 2.24) is 9.78 Å². The number of benzene rings is 2. The molecule has 132 valence electrons. The highest BCUT2D eigenvalue weighted by Gasteiger charge is 2.18. The predicted octanol–water partition coefficient (Wildman–Crippen LogP) is 3.46. The normalized spacial score (nSPS) is 10.4. The van der Waals surface area contributed by atoms with Crippen LogP contribution in [0.4, 0.5) is 5.69 Å². The minimum atomic E-state index is -0.495. The SMILES string of the molecule is COc1cc(=O)n(-c2ccc(C)cc2)nc1C(=O)Nc1ccc(Cl)cc1. The number of rotatable bonds is 4.